The van der Waals surface area contributed by atoms with Gasteiger partial charge in [0, 0.05) is 5.92 Å². The van der Waals surface area contributed by atoms with E-state index >= 15 is 0 Å². The number of nitrogens with zero attached hydrogens (tertiary/aromatic N) is 1. The van der Waals surface area contributed by atoms with E-state index in [0.717, 1.165) is 12.2 Å². The predicted molar refractivity (Wildman–Crippen MR) is 76.5 cm³/mol. The number of hydrogen-bond donors (Lipinski definition) is 1. The highest BCUT2D eigenvalue weighted by Gasteiger charge is 2.43. The molecule has 1 fully saturated rings. The Morgan fingerprint density at radius 3 is 2.80 bits per heavy atom. The summed E-state index contributed by atoms with van der Waals surface area (Å²) in [5.74, 6) is 1.80. The maximum Gasteiger partial charge on any atom is 0.243 e. The zero-order valence-electron chi connectivity index (χ0n) is 11.2. The normalized spacial score (nSPS) is 21.1. The highest BCUT2D eigenvalue weighted by atomic mass is 16.3. The molecule has 0 saturated heterocycles. The number of benzene rings is 1. The van der Waals surface area contributed by atoms with Crippen LogP contribution >= 0.6 is 0 Å². The Labute approximate surface area is 117 Å². The number of amides is 1. The average molecular weight is 268 g/mol. The summed E-state index contributed by atoms with van der Waals surface area (Å²) < 4.78 is 5.33. The van der Waals surface area contributed by atoms with Crippen molar-refractivity contribution >= 4 is 12.1 Å². The monoisotopic (exact) mass is 268 g/mol. The molecule has 4 nitrogen and oxygen atoms in total. The van der Waals surface area contributed by atoms with Crippen molar-refractivity contribution in [2.24, 2.45) is 11.0 Å². The Bertz CT molecular complexity index is 631. The van der Waals surface area contributed by atoms with Gasteiger partial charge in [-0.3, -0.25) is 4.79 Å². The lowest BCUT2D eigenvalue weighted by Gasteiger charge is -1.99. The Hall–Kier alpha value is -2.36. The molecule has 1 aromatic heterocycles. The van der Waals surface area contributed by atoms with Crippen LogP contribution in [0.25, 0.3) is 0 Å². The SMILES string of the molecule is Cc1ccc(/C=N\NC(=O)[C@H]2C[C@H]2c2ccccc2)o1. The summed E-state index contributed by atoms with van der Waals surface area (Å²) in [5.41, 5.74) is 3.79. The van der Waals surface area contributed by atoms with E-state index < -0.39 is 0 Å². The number of hydrogen-bond acceptors (Lipinski definition) is 3. The van der Waals surface area contributed by atoms with Crippen molar-refractivity contribution in [1.29, 1.82) is 0 Å². The fraction of sp³-hybridized carbons (Fsp3) is 0.250. The van der Waals surface area contributed by atoms with Crippen LogP contribution in [0.3, 0.4) is 0 Å². The third-order valence-electron chi connectivity index (χ3n) is 3.48. The minimum atomic E-state index is -0.0293. The third-order valence-corrected chi connectivity index (χ3v) is 3.48. The van der Waals surface area contributed by atoms with Crippen molar-refractivity contribution in [3.63, 3.8) is 0 Å². The minimum Gasteiger partial charge on any atom is -0.460 e. The van der Waals surface area contributed by atoms with Gasteiger partial charge in [-0.25, -0.2) is 5.43 Å². The summed E-state index contributed by atoms with van der Waals surface area (Å²) in [6.45, 7) is 1.87. The summed E-state index contributed by atoms with van der Waals surface area (Å²) in [6, 6.07) is 13.8. The zero-order chi connectivity index (χ0) is 13.9. The molecule has 2 atom stereocenters. The van der Waals surface area contributed by atoms with Crippen LogP contribution in [-0.2, 0) is 4.79 Å². The molecule has 20 heavy (non-hydrogen) atoms. The van der Waals surface area contributed by atoms with E-state index in [1.807, 2.05) is 37.3 Å². The van der Waals surface area contributed by atoms with Gasteiger partial charge in [0.05, 0.1) is 6.21 Å². The van der Waals surface area contributed by atoms with Crippen LogP contribution in [0.4, 0.5) is 0 Å². The summed E-state index contributed by atoms with van der Waals surface area (Å²) >= 11 is 0. The third kappa shape index (κ3) is 2.79. The number of nitrogens with one attached hydrogen (secondary N) is 1. The molecule has 0 bridgehead atoms. The Kier molecular flexibility index (Phi) is 3.37. The van der Waals surface area contributed by atoms with Gasteiger partial charge in [0.25, 0.3) is 0 Å². The smallest absolute Gasteiger partial charge is 0.243 e. The van der Waals surface area contributed by atoms with E-state index in [-0.39, 0.29) is 11.8 Å². The molecular formula is C16H16N2O2. The second-order valence-electron chi connectivity index (χ2n) is 5.04. The Balaban J connectivity index is 1.53. The number of carbonyl (C=O) groups excluding carboxylic acids is 1. The van der Waals surface area contributed by atoms with E-state index in [1.165, 1.54) is 11.8 Å². The van der Waals surface area contributed by atoms with Crippen LogP contribution in [0, 0.1) is 12.8 Å². The summed E-state index contributed by atoms with van der Waals surface area (Å²) in [4.78, 5) is 11.9. The molecular weight excluding hydrogens is 252 g/mol. The van der Waals surface area contributed by atoms with Gasteiger partial charge in [0.2, 0.25) is 5.91 Å². The molecule has 1 aromatic carbocycles. The number of aryl methyl sites for hydroxylation is 1. The number of carbonyl (C=O) groups is 1. The van der Waals surface area contributed by atoms with Gasteiger partial charge in [-0.05, 0) is 37.0 Å². The van der Waals surface area contributed by atoms with Crippen molar-refractivity contribution < 1.29 is 9.21 Å². The number of hydrazone groups is 1. The standard InChI is InChI=1S/C16H16N2O2/c1-11-7-8-13(20-11)10-17-18-16(19)15-9-14(15)12-5-3-2-4-6-12/h2-8,10,14-15H,9H2,1H3,(H,18,19)/b17-10-/t14-,15-/m0/s1. The molecule has 3 rings (SSSR count). The highest BCUT2D eigenvalue weighted by Crippen LogP contribution is 2.47. The average Bonchev–Trinajstić information content (AvgIpc) is 3.17. The van der Waals surface area contributed by atoms with E-state index in [1.54, 1.807) is 0 Å². The van der Waals surface area contributed by atoms with Gasteiger partial charge in [-0.1, -0.05) is 30.3 Å². The molecule has 0 radical (unpaired) electrons. The van der Waals surface area contributed by atoms with Crippen LogP contribution in [0.5, 0.6) is 0 Å². The highest BCUT2D eigenvalue weighted by molar-refractivity contribution is 5.84. The zero-order valence-corrected chi connectivity index (χ0v) is 11.2. The van der Waals surface area contributed by atoms with E-state index in [9.17, 15) is 4.79 Å². The largest absolute Gasteiger partial charge is 0.460 e. The van der Waals surface area contributed by atoms with Gasteiger partial charge in [0.15, 0.2) is 0 Å². The van der Waals surface area contributed by atoms with Crippen LogP contribution < -0.4 is 5.43 Å². The van der Waals surface area contributed by atoms with Gasteiger partial charge >= 0.3 is 0 Å². The van der Waals surface area contributed by atoms with E-state index in [4.69, 9.17) is 4.42 Å². The fourth-order valence-corrected chi connectivity index (χ4v) is 2.32. The molecule has 0 aliphatic heterocycles. The van der Waals surface area contributed by atoms with Crippen LogP contribution in [0.2, 0.25) is 0 Å². The van der Waals surface area contributed by atoms with Crippen molar-refractivity contribution in [1.82, 2.24) is 5.43 Å². The molecule has 4 heteroatoms. The molecule has 2 aromatic rings. The van der Waals surface area contributed by atoms with Crippen molar-refractivity contribution in [2.45, 2.75) is 19.3 Å². The second kappa shape index (κ2) is 5.33. The quantitative estimate of drug-likeness (QED) is 0.684. The minimum absolute atomic E-state index is 0.0293. The van der Waals surface area contributed by atoms with Crippen molar-refractivity contribution in [3.8, 4) is 0 Å². The fourth-order valence-electron chi connectivity index (χ4n) is 2.32. The van der Waals surface area contributed by atoms with Crippen LogP contribution in [0.1, 0.15) is 29.4 Å². The Morgan fingerprint density at radius 2 is 2.10 bits per heavy atom. The summed E-state index contributed by atoms with van der Waals surface area (Å²) in [6.07, 6.45) is 2.41. The lowest BCUT2D eigenvalue weighted by atomic mass is 10.1. The molecule has 0 spiro atoms. The first-order valence-corrected chi connectivity index (χ1v) is 6.68. The van der Waals surface area contributed by atoms with Crippen LogP contribution in [0.15, 0.2) is 52.0 Å². The van der Waals surface area contributed by atoms with Crippen molar-refractivity contribution in [2.75, 3.05) is 0 Å². The van der Waals surface area contributed by atoms with Gasteiger partial charge in [-0.15, -0.1) is 0 Å². The predicted octanol–water partition coefficient (Wildman–Crippen LogP) is 2.84. The topological polar surface area (TPSA) is 54.6 Å². The summed E-state index contributed by atoms with van der Waals surface area (Å²) in [7, 11) is 0. The first kappa shape index (κ1) is 12.7. The van der Waals surface area contributed by atoms with Crippen molar-refractivity contribution in [3.05, 3.63) is 59.5 Å². The Morgan fingerprint density at radius 1 is 1.30 bits per heavy atom. The second-order valence-corrected chi connectivity index (χ2v) is 5.04. The molecule has 1 aliphatic carbocycles. The molecule has 1 heterocycles. The molecule has 1 saturated carbocycles. The first-order valence-electron chi connectivity index (χ1n) is 6.68. The first-order chi connectivity index (χ1) is 9.74. The van der Waals surface area contributed by atoms with Crippen LogP contribution in [-0.4, -0.2) is 12.1 Å². The molecule has 1 N–H and O–H groups in total. The maximum atomic E-state index is 11.9. The molecule has 1 aliphatic rings. The number of rotatable bonds is 4. The number of furan rings is 1. The molecule has 0 unspecified atom stereocenters. The maximum absolute atomic E-state index is 11.9. The van der Waals surface area contributed by atoms with E-state index in [2.05, 4.69) is 22.7 Å². The van der Waals surface area contributed by atoms with Gasteiger partial charge in [-0.2, -0.15) is 5.10 Å². The summed E-state index contributed by atoms with van der Waals surface area (Å²) in [5, 5.41) is 3.93. The van der Waals surface area contributed by atoms with Gasteiger partial charge in [0.1, 0.15) is 11.5 Å². The lowest BCUT2D eigenvalue weighted by molar-refractivity contribution is -0.122. The van der Waals surface area contributed by atoms with E-state index in [0.29, 0.717) is 11.7 Å². The van der Waals surface area contributed by atoms with Gasteiger partial charge < -0.3 is 4.42 Å². The lowest BCUT2D eigenvalue weighted by Crippen LogP contribution is -2.20. The molecule has 102 valence electrons. The molecule has 1 amide bonds.